The molecule has 0 saturated heterocycles. The molecular formula is C17H25NS. The van der Waals surface area contributed by atoms with Crippen molar-refractivity contribution in [1.29, 1.82) is 0 Å². The molecule has 0 amide bonds. The number of thioether (sulfide) groups is 1. The Morgan fingerprint density at radius 3 is 2.68 bits per heavy atom. The van der Waals surface area contributed by atoms with Gasteiger partial charge in [-0.3, -0.25) is 0 Å². The number of benzene rings is 1. The molecule has 0 aliphatic heterocycles. The first-order chi connectivity index (χ1) is 9.06. The Bertz CT molecular complexity index is 437. The quantitative estimate of drug-likeness (QED) is 0.749. The van der Waals surface area contributed by atoms with Crippen molar-refractivity contribution in [2.75, 3.05) is 12.8 Å². The van der Waals surface area contributed by atoms with E-state index in [-0.39, 0.29) is 0 Å². The molecule has 1 aromatic rings. The first-order valence-electron chi connectivity index (χ1n) is 6.76. The van der Waals surface area contributed by atoms with Crippen LogP contribution in [-0.4, -0.2) is 18.1 Å². The highest BCUT2D eigenvalue weighted by Gasteiger charge is 2.08. The molecule has 0 radical (unpaired) electrons. The molecule has 1 aromatic carbocycles. The van der Waals surface area contributed by atoms with Crippen molar-refractivity contribution < 1.29 is 0 Å². The summed E-state index contributed by atoms with van der Waals surface area (Å²) < 4.78 is 0. The average Bonchev–Trinajstić information content (AvgIpc) is 2.43. The maximum Gasteiger partial charge on any atom is 0.0266 e. The minimum atomic E-state index is 0.573. The summed E-state index contributed by atoms with van der Waals surface area (Å²) in [5.41, 5.74) is 4.86. The predicted molar refractivity (Wildman–Crippen MR) is 89.6 cm³/mol. The third-order valence-corrected chi connectivity index (χ3v) is 4.22. The molecule has 104 valence electrons. The minimum absolute atomic E-state index is 0.573. The SMILES string of the molecule is C=C(CC)NCC(Cc1cccc(C(=C)C)c1)SC. The molecular weight excluding hydrogens is 250 g/mol. The van der Waals surface area contributed by atoms with Crippen LogP contribution >= 0.6 is 11.8 Å². The van der Waals surface area contributed by atoms with Crippen LogP contribution in [0.5, 0.6) is 0 Å². The Labute approximate surface area is 122 Å². The van der Waals surface area contributed by atoms with Crippen LogP contribution in [0.1, 0.15) is 31.4 Å². The third-order valence-electron chi connectivity index (χ3n) is 3.22. The van der Waals surface area contributed by atoms with E-state index in [9.17, 15) is 0 Å². The topological polar surface area (TPSA) is 12.0 Å². The molecule has 19 heavy (non-hydrogen) atoms. The average molecular weight is 275 g/mol. The van der Waals surface area contributed by atoms with Gasteiger partial charge in [-0.25, -0.2) is 0 Å². The number of hydrogen-bond acceptors (Lipinski definition) is 2. The summed E-state index contributed by atoms with van der Waals surface area (Å²) in [7, 11) is 0. The van der Waals surface area contributed by atoms with E-state index in [2.05, 4.69) is 62.8 Å². The first-order valence-corrected chi connectivity index (χ1v) is 8.04. The smallest absolute Gasteiger partial charge is 0.0266 e. The summed E-state index contributed by atoms with van der Waals surface area (Å²) in [6.45, 7) is 13.2. The van der Waals surface area contributed by atoms with Gasteiger partial charge in [-0.05, 0) is 37.1 Å². The number of hydrogen-bond donors (Lipinski definition) is 1. The molecule has 0 bridgehead atoms. The lowest BCUT2D eigenvalue weighted by Gasteiger charge is -2.17. The first kappa shape index (κ1) is 15.9. The van der Waals surface area contributed by atoms with E-state index in [0.717, 1.165) is 30.7 Å². The Morgan fingerprint density at radius 1 is 1.37 bits per heavy atom. The zero-order valence-corrected chi connectivity index (χ0v) is 13.1. The molecule has 0 aliphatic carbocycles. The van der Waals surface area contributed by atoms with Gasteiger partial charge in [0.25, 0.3) is 0 Å². The van der Waals surface area contributed by atoms with Crippen molar-refractivity contribution >= 4 is 17.3 Å². The monoisotopic (exact) mass is 275 g/mol. The molecule has 0 spiro atoms. The van der Waals surface area contributed by atoms with Gasteiger partial charge < -0.3 is 5.32 Å². The van der Waals surface area contributed by atoms with Gasteiger partial charge in [-0.15, -0.1) is 0 Å². The number of rotatable bonds is 8. The second kappa shape index (κ2) is 8.11. The molecule has 0 heterocycles. The standard InChI is InChI=1S/C17H25NS/c1-6-14(4)18-12-17(19-5)11-15-8-7-9-16(10-15)13(2)3/h7-10,17-18H,2,4,6,11-12H2,1,3,5H3. The van der Waals surface area contributed by atoms with E-state index in [1.807, 2.05) is 11.8 Å². The molecule has 1 N–H and O–H groups in total. The molecule has 1 unspecified atom stereocenters. The van der Waals surface area contributed by atoms with Crippen LogP contribution in [0.2, 0.25) is 0 Å². The fraction of sp³-hybridized carbons (Fsp3) is 0.412. The largest absolute Gasteiger partial charge is 0.388 e. The van der Waals surface area contributed by atoms with E-state index in [4.69, 9.17) is 0 Å². The van der Waals surface area contributed by atoms with Crippen molar-refractivity contribution in [2.24, 2.45) is 0 Å². The Kier molecular flexibility index (Phi) is 6.79. The number of allylic oxidation sites excluding steroid dienone is 2. The molecule has 0 fully saturated rings. The lowest BCUT2D eigenvalue weighted by atomic mass is 10.0. The molecule has 1 rings (SSSR count). The van der Waals surface area contributed by atoms with Gasteiger partial charge in [0.05, 0.1) is 0 Å². The van der Waals surface area contributed by atoms with Crippen molar-refractivity contribution in [2.45, 2.75) is 31.9 Å². The van der Waals surface area contributed by atoms with E-state index >= 15 is 0 Å². The molecule has 0 aromatic heterocycles. The second-order valence-electron chi connectivity index (χ2n) is 4.88. The van der Waals surface area contributed by atoms with Gasteiger partial charge in [-0.1, -0.05) is 49.9 Å². The maximum atomic E-state index is 4.01. The van der Waals surface area contributed by atoms with E-state index in [1.165, 1.54) is 11.1 Å². The van der Waals surface area contributed by atoms with E-state index in [1.54, 1.807) is 0 Å². The molecule has 1 atom stereocenters. The molecule has 2 heteroatoms. The summed E-state index contributed by atoms with van der Waals surface area (Å²) in [6.07, 6.45) is 4.24. The summed E-state index contributed by atoms with van der Waals surface area (Å²) in [5, 5.41) is 3.98. The highest BCUT2D eigenvalue weighted by molar-refractivity contribution is 7.99. The van der Waals surface area contributed by atoms with Gasteiger partial charge in [0.1, 0.15) is 0 Å². The molecule has 1 nitrogen and oxygen atoms in total. The Morgan fingerprint density at radius 2 is 2.11 bits per heavy atom. The van der Waals surface area contributed by atoms with Gasteiger partial charge in [0, 0.05) is 17.5 Å². The summed E-state index contributed by atoms with van der Waals surface area (Å²) >= 11 is 1.91. The molecule has 0 saturated carbocycles. The van der Waals surface area contributed by atoms with Crippen LogP contribution in [0.25, 0.3) is 5.57 Å². The van der Waals surface area contributed by atoms with Crippen LogP contribution < -0.4 is 5.32 Å². The Balaban J connectivity index is 2.62. The van der Waals surface area contributed by atoms with E-state index in [0.29, 0.717) is 5.25 Å². The van der Waals surface area contributed by atoms with Crippen molar-refractivity contribution in [3.05, 3.63) is 54.2 Å². The van der Waals surface area contributed by atoms with Crippen molar-refractivity contribution in [3.8, 4) is 0 Å². The summed E-state index contributed by atoms with van der Waals surface area (Å²) in [5.74, 6) is 0. The second-order valence-corrected chi connectivity index (χ2v) is 6.02. The maximum absolute atomic E-state index is 4.01. The predicted octanol–water partition coefficient (Wildman–Crippen LogP) is 4.51. The lowest BCUT2D eigenvalue weighted by Crippen LogP contribution is -2.25. The fourth-order valence-electron chi connectivity index (χ4n) is 1.85. The minimum Gasteiger partial charge on any atom is -0.388 e. The Hall–Kier alpha value is -1.15. The van der Waals surface area contributed by atoms with E-state index < -0.39 is 0 Å². The van der Waals surface area contributed by atoms with Gasteiger partial charge in [0.15, 0.2) is 0 Å². The van der Waals surface area contributed by atoms with Gasteiger partial charge >= 0.3 is 0 Å². The highest BCUT2D eigenvalue weighted by Crippen LogP contribution is 2.18. The van der Waals surface area contributed by atoms with Crippen molar-refractivity contribution in [3.63, 3.8) is 0 Å². The fourth-order valence-corrected chi connectivity index (χ4v) is 2.46. The zero-order valence-electron chi connectivity index (χ0n) is 12.3. The number of nitrogens with one attached hydrogen (secondary N) is 1. The van der Waals surface area contributed by atoms with Crippen LogP contribution in [0.4, 0.5) is 0 Å². The molecule has 0 aliphatic rings. The summed E-state index contributed by atoms with van der Waals surface area (Å²) in [4.78, 5) is 0. The summed E-state index contributed by atoms with van der Waals surface area (Å²) in [6, 6.07) is 8.69. The van der Waals surface area contributed by atoms with Crippen LogP contribution in [0.15, 0.2) is 43.1 Å². The van der Waals surface area contributed by atoms with Crippen LogP contribution in [-0.2, 0) is 6.42 Å². The van der Waals surface area contributed by atoms with Gasteiger partial charge in [-0.2, -0.15) is 11.8 Å². The third kappa shape index (κ3) is 5.56. The highest BCUT2D eigenvalue weighted by atomic mass is 32.2. The normalized spacial score (nSPS) is 11.9. The van der Waals surface area contributed by atoms with Crippen molar-refractivity contribution in [1.82, 2.24) is 5.32 Å². The van der Waals surface area contributed by atoms with Crippen LogP contribution in [0.3, 0.4) is 0 Å². The zero-order chi connectivity index (χ0) is 14.3. The van der Waals surface area contributed by atoms with Crippen LogP contribution in [0, 0.1) is 0 Å². The lowest BCUT2D eigenvalue weighted by molar-refractivity contribution is 0.722. The van der Waals surface area contributed by atoms with Gasteiger partial charge in [0.2, 0.25) is 0 Å².